The van der Waals surface area contributed by atoms with Crippen molar-refractivity contribution in [3.63, 3.8) is 0 Å². The molecule has 1 amide bonds. The summed E-state index contributed by atoms with van der Waals surface area (Å²) in [5.41, 5.74) is 1.68. The summed E-state index contributed by atoms with van der Waals surface area (Å²) in [6, 6.07) is 10.1. The van der Waals surface area contributed by atoms with Gasteiger partial charge < -0.3 is 5.32 Å². The number of amides is 1. The zero-order chi connectivity index (χ0) is 17.8. The number of nitrogens with one attached hydrogen (secondary N) is 1. The fraction of sp³-hybridized carbons (Fsp3) is 0.263. The van der Waals surface area contributed by atoms with Gasteiger partial charge in [-0.15, -0.1) is 22.7 Å². The molecule has 0 bridgehead atoms. The molecule has 1 aromatic carbocycles. The molecule has 0 aliphatic rings. The second kappa shape index (κ2) is 7.89. The highest BCUT2D eigenvalue weighted by Crippen LogP contribution is 2.28. The second-order valence-corrected chi connectivity index (χ2v) is 7.94. The number of hydrogen-bond donors (Lipinski definition) is 1. The van der Waals surface area contributed by atoms with Crippen LogP contribution in [0.3, 0.4) is 0 Å². The van der Waals surface area contributed by atoms with Gasteiger partial charge in [0.15, 0.2) is 0 Å². The lowest BCUT2D eigenvalue weighted by Crippen LogP contribution is -2.32. The van der Waals surface area contributed by atoms with Crippen LogP contribution < -0.4 is 5.32 Å². The highest BCUT2D eigenvalue weighted by Gasteiger charge is 2.19. The van der Waals surface area contributed by atoms with Crippen molar-refractivity contribution in [1.82, 2.24) is 10.3 Å². The molecule has 0 aliphatic carbocycles. The van der Waals surface area contributed by atoms with E-state index < -0.39 is 0 Å². The number of thiophene rings is 1. The molecule has 0 aliphatic heterocycles. The number of halogens is 1. The monoisotopic (exact) mass is 374 g/mol. The topological polar surface area (TPSA) is 42.0 Å². The van der Waals surface area contributed by atoms with Gasteiger partial charge in [0.05, 0.1) is 23.0 Å². The number of aromatic nitrogens is 1. The van der Waals surface area contributed by atoms with Crippen molar-refractivity contribution in [1.29, 1.82) is 0 Å². The third-order valence-corrected chi connectivity index (χ3v) is 5.77. The van der Waals surface area contributed by atoms with Crippen molar-refractivity contribution in [2.75, 3.05) is 0 Å². The molecule has 0 spiro atoms. The fourth-order valence-corrected chi connectivity index (χ4v) is 4.23. The summed E-state index contributed by atoms with van der Waals surface area (Å²) < 4.78 is 13.1. The van der Waals surface area contributed by atoms with Gasteiger partial charge in [0.2, 0.25) is 5.91 Å². The molecule has 2 aromatic heterocycles. The summed E-state index contributed by atoms with van der Waals surface area (Å²) in [5, 5.41) is 7.93. The van der Waals surface area contributed by atoms with Crippen LogP contribution in [0.5, 0.6) is 0 Å². The zero-order valence-corrected chi connectivity index (χ0v) is 15.7. The average Bonchev–Trinajstić information content (AvgIpc) is 3.24. The lowest BCUT2D eigenvalue weighted by Gasteiger charge is -2.22. The smallest absolute Gasteiger partial charge is 0.226 e. The summed E-state index contributed by atoms with van der Waals surface area (Å²) in [4.78, 5) is 18.1. The Balaban J connectivity index is 1.67. The van der Waals surface area contributed by atoms with E-state index >= 15 is 0 Å². The number of benzene rings is 1. The lowest BCUT2D eigenvalue weighted by atomic mass is 9.96. The van der Waals surface area contributed by atoms with E-state index in [9.17, 15) is 9.18 Å². The minimum atomic E-state index is -0.277. The summed E-state index contributed by atoms with van der Waals surface area (Å²) in [6.07, 6.45) is 0.242. The molecule has 3 nitrogen and oxygen atoms in total. The van der Waals surface area contributed by atoms with Gasteiger partial charge in [-0.2, -0.15) is 0 Å². The van der Waals surface area contributed by atoms with E-state index in [1.165, 1.54) is 12.1 Å². The van der Waals surface area contributed by atoms with Gasteiger partial charge in [0.1, 0.15) is 10.8 Å². The van der Waals surface area contributed by atoms with Gasteiger partial charge in [-0.3, -0.25) is 4.79 Å². The van der Waals surface area contributed by atoms with E-state index in [4.69, 9.17) is 0 Å². The highest BCUT2D eigenvalue weighted by molar-refractivity contribution is 7.20. The van der Waals surface area contributed by atoms with E-state index in [0.29, 0.717) is 0 Å². The van der Waals surface area contributed by atoms with Gasteiger partial charge in [-0.25, -0.2) is 9.37 Å². The van der Waals surface area contributed by atoms with Gasteiger partial charge >= 0.3 is 0 Å². The number of hydrogen-bond acceptors (Lipinski definition) is 4. The maximum absolute atomic E-state index is 13.1. The van der Waals surface area contributed by atoms with Crippen molar-refractivity contribution in [3.8, 4) is 9.88 Å². The van der Waals surface area contributed by atoms with Crippen molar-refractivity contribution >= 4 is 28.6 Å². The standard InChI is InChI=1S/C19H19FN2OS2/c1-12(2)18(13-5-7-14(20)8-6-13)22-17(23)10-15-11-25-19(21-15)16-4-3-9-24-16/h3-9,11-12,18H,10H2,1-2H3,(H,22,23)/t18-/m1/s1. The fourth-order valence-electron chi connectivity index (χ4n) is 2.60. The average molecular weight is 375 g/mol. The van der Waals surface area contributed by atoms with Gasteiger partial charge in [-0.05, 0) is 35.1 Å². The minimum absolute atomic E-state index is 0.0777. The Kier molecular flexibility index (Phi) is 5.60. The van der Waals surface area contributed by atoms with Crippen LogP contribution in [0.15, 0.2) is 47.2 Å². The Morgan fingerprint density at radius 2 is 1.96 bits per heavy atom. The van der Waals surface area contributed by atoms with E-state index in [2.05, 4.69) is 10.3 Å². The lowest BCUT2D eigenvalue weighted by molar-refractivity contribution is -0.121. The predicted octanol–water partition coefficient (Wildman–Crippen LogP) is 5.07. The van der Waals surface area contributed by atoms with E-state index in [1.54, 1.807) is 34.8 Å². The number of nitrogens with zero attached hydrogens (tertiary/aromatic N) is 1. The summed E-state index contributed by atoms with van der Waals surface area (Å²) in [5.74, 6) is -0.154. The molecule has 130 valence electrons. The third kappa shape index (κ3) is 4.52. The first-order valence-electron chi connectivity index (χ1n) is 8.06. The Hall–Kier alpha value is -2.05. The second-order valence-electron chi connectivity index (χ2n) is 6.14. The van der Waals surface area contributed by atoms with Crippen LogP contribution >= 0.6 is 22.7 Å². The maximum Gasteiger partial charge on any atom is 0.226 e. The molecule has 3 aromatic rings. The van der Waals surface area contributed by atoms with Crippen molar-refractivity contribution in [3.05, 3.63) is 64.2 Å². The highest BCUT2D eigenvalue weighted by atomic mass is 32.1. The predicted molar refractivity (Wildman–Crippen MR) is 101 cm³/mol. The van der Waals surface area contributed by atoms with Gasteiger partial charge in [0, 0.05) is 5.38 Å². The molecule has 0 radical (unpaired) electrons. The van der Waals surface area contributed by atoms with Crippen LogP contribution in [0.25, 0.3) is 9.88 Å². The number of carbonyl (C=O) groups excluding carboxylic acids is 1. The summed E-state index contributed by atoms with van der Waals surface area (Å²) >= 11 is 3.19. The Bertz CT molecular complexity index is 825. The molecule has 0 unspecified atom stereocenters. The Morgan fingerprint density at radius 1 is 1.20 bits per heavy atom. The molecule has 1 atom stereocenters. The Morgan fingerprint density at radius 3 is 2.60 bits per heavy atom. The van der Waals surface area contributed by atoms with Crippen molar-refractivity contribution in [2.24, 2.45) is 5.92 Å². The molecule has 6 heteroatoms. The Labute approximate surface area is 154 Å². The zero-order valence-electron chi connectivity index (χ0n) is 14.0. The first kappa shape index (κ1) is 17.8. The first-order valence-corrected chi connectivity index (χ1v) is 9.82. The molecule has 2 heterocycles. The number of rotatable bonds is 6. The maximum atomic E-state index is 13.1. The van der Waals surface area contributed by atoms with E-state index in [-0.39, 0.29) is 30.1 Å². The third-order valence-electron chi connectivity index (χ3n) is 3.84. The van der Waals surface area contributed by atoms with Crippen LogP contribution in [0.2, 0.25) is 0 Å². The normalized spacial score (nSPS) is 12.3. The molecule has 0 fully saturated rings. The van der Waals surface area contributed by atoms with Crippen LogP contribution in [0, 0.1) is 11.7 Å². The van der Waals surface area contributed by atoms with Crippen molar-refractivity contribution < 1.29 is 9.18 Å². The minimum Gasteiger partial charge on any atom is -0.349 e. The molecular formula is C19H19FN2OS2. The SMILES string of the molecule is CC(C)[C@@H](NC(=O)Cc1csc(-c2cccs2)n1)c1ccc(F)cc1. The first-order chi connectivity index (χ1) is 12.0. The quantitative estimate of drug-likeness (QED) is 0.655. The van der Waals surface area contributed by atoms with Crippen LogP contribution in [0.4, 0.5) is 4.39 Å². The van der Waals surface area contributed by atoms with Crippen LogP contribution in [-0.4, -0.2) is 10.9 Å². The van der Waals surface area contributed by atoms with E-state index in [0.717, 1.165) is 21.1 Å². The molecule has 25 heavy (non-hydrogen) atoms. The molecule has 0 saturated carbocycles. The number of thiazole rings is 1. The number of carbonyl (C=O) groups is 1. The van der Waals surface area contributed by atoms with Crippen molar-refractivity contribution in [2.45, 2.75) is 26.3 Å². The van der Waals surface area contributed by atoms with E-state index in [1.807, 2.05) is 36.7 Å². The molecule has 0 saturated heterocycles. The van der Waals surface area contributed by atoms with Gasteiger partial charge in [0.25, 0.3) is 0 Å². The van der Waals surface area contributed by atoms with Crippen LogP contribution in [0.1, 0.15) is 31.1 Å². The summed E-state index contributed by atoms with van der Waals surface area (Å²) in [6.45, 7) is 4.07. The van der Waals surface area contributed by atoms with Gasteiger partial charge in [-0.1, -0.05) is 32.0 Å². The molecule has 1 N–H and O–H groups in total. The van der Waals surface area contributed by atoms with Crippen LogP contribution in [-0.2, 0) is 11.2 Å². The summed E-state index contributed by atoms with van der Waals surface area (Å²) in [7, 11) is 0. The largest absolute Gasteiger partial charge is 0.349 e. The molecular weight excluding hydrogens is 355 g/mol. The molecule has 3 rings (SSSR count).